The van der Waals surface area contributed by atoms with Crippen molar-refractivity contribution >= 4 is 40.9 Å². The van der Waals surface area contributed by atoms with Gasteiger partial charge in [-0.2, -0.15) is 0 Å². The summed E-state index contributed by atoms with van der Waals surface area (Å²) < 4.78 is 2.01. The molecule has 0 fully saturated rings. The number of nitrogens with two attached hydrogens (primary N) is 1. The number of amides is 1. The Hall–Kier alpha value is -3.84. The van der Waals surface area contributed by atoms with E-state index in [0.717, 1.165) is 28.1 Å². The van der Waals surface area contributed by atoms with Crippen LogP contribution in [-0.4, -0.2) is 21.3 Å². The van der Waals surface area contributed by atoms with E-state index < -0.39 is 0 Å². The second kappa shape index (κ2) is 9.98. The second-order valence-corrected chi connectivity index (χ2v) is 7.30. The molecule has 0 aliphatic heterocycles. The smallest absolute Gasteiger partial charge is 0.251 e. The molecule has 3 aromatic carbocycles. The van der Waals surface area contributed by atoms with Gasteiger partial charge >= 0.3 is 0 Å². The molecule has 164 valence electrons. The van der Waals surface area contributed by atoms with Gasteiger partial charge in [-0.1, -0.05) is 30.3 Å². The van der Waals surface area contributed by atoms with E-state index in [1.165, 1.54) is 0 Å². The van der Waals surface area contributed by atoms with Crippen LogP contribution in [0.2, 0.25) is 0 Å². The van der Waals surface area contributed by atoms with Gasteiger partial charge in [-0.15, -0.1) is 12.4 Å². The molecule has 4 rings (SSSR count). The van der Waals surface area contributed by atoms with Crippen molar-refractivity contribution in [2.75, 3.05) is 5.32 Å². The molecule has 0 spiro atoms. The van der Waals surface area contributed by atoms with Crippen molar-refractivity contribution in [2.24, 2.45) is 12.8 Å². The largest absolute Gasteiger partial charge is 0.384 e. The number of aryl methyl sites for hydroxylation is 1. The van der Waals surface area contributed by atoms with Gasteiger partial charge < -0.3 is 20.9 Å². The molecule has 5 N–H and O–H groups in total. The molecule has 7 nitrogen and oxygen atoms in total. The summed E-state index contributed by atoms with van der Waals surface area (Å²) in [4.78, 5) is 17.3. The molecule has 8 heteroatoms. The minimum Gasteiger partial charge on any atom is -0.384 e. The van der Waals surface area contributed by atoms with Gasteiger partial charge in [0.05, 0.1) is 17.6 Å². The average Bonchev–Trinajstić information content (AvgIpc) is 3.11. The van der Waals surface area contributed by atoms with Crippen molar-refractivity contribution in [3.63, 3.8) is 0 Å². The molecule has 0 aliphatic carbocycles. The van der Waals surface area contributed by atoms with Crippen LogP contribution < -0.4 is 16.4 Å². The van der Waals surface area contributed by atoms with Crippen LogP contribution in [0.15, 0.2) is 72.8 Å². The van der Waals surface area contributed by atoms with Crippen LogP contribution in [-0.2, 0) is 20.1 Å². The highest BCUT2D eigenvalue weighted by Crippen LogP contribution is 2.18. The molecule has 0 bridgehead atoms. The van der Waals surface area contributed by atoms with E-state index in [4.69, 9.17) is 16.1 Å². The van der Waals surface area contributed by atoms with E-state index >= 15 is 0 Å². The zero-order valence-electron chi connectivity index (χ0n) is 17.6. The summed E-state index contributed by atoms with van der Waals surface area (Å²) >= 11 is 0. The summed E-state index contributed by atoms with van der Waals surface area (Å²) in [7, 11) is 1.96. The predicted molar refractivity (Wildman–Crippen MR) is 130 cm³/mol. The summed E-state index contributed by atoms with van der Waals surface area (Å²) in [5.74, 6) is 0.777. The van der Waals surface area contributed by atoms with Crippen molar-refractivity contribution in [1.82, 2.24) is 14.9 Å². The Balaban J connectivity index is 0.00000289. The van der Waals surface area contributed by atoms with Crippen molar-refractivity contribution in [3.05, 3.63) is 95.3 Å². The van der Waals surface area contributed by atoms with E-state index in [2.05, 4.69) is 10.6 Å². The molecule has 1 amide bonds. The number of carbonyl (C=O) groups is 1. The Bertz CT molecular complexity index is 1230. The molecule has 1 aromatic heterocycles. The van der Waals surface area contributed by atoms with Crippen LogP contribution >= 0.6 is 12.4 Å². The van der Waals surface area contributed by atoms with Crippen molar-refractivity contribution in [1.29, 1.82) is 5.41 Å². The predicted octanol–water partition coefficient (Wildman–Crippen LogP) is 3.82. The molecule has 0 unspecified atom stereocenters. The Morgan fingerprint density at radius 2 is 1.69 bits per heavy atom. The Morgan fingerprint density at radius 3 is 2.38 bits per heavy atom. The maximum absolute atomic E-state index is 12.6. The summed E-state index contributed by atoms with van der Waals surface area (Å²) in [5.41, 5.74) is 10.5. The summed E-state index contributed by atoms with van der Waals surface area (Å²) in [6.07, 6.45) is 0. The second-order valence-electron chi connectivity index (χ2n) is 7.30. The molecule has 0 saturated carbocycles. The van der Waals surface area contributed by atoms with Gasteiger partial charge in [-0.3, -0.25) is 10.2 Å². The molecule has 0 saturated heterocycles. The number of halogens is 1. The topological polar surface area (TPSA) is 109 Å². The van der Waals surface area contributed by atoms with Gasteiger partial charge in [-0.25, -0.2) is 4.98 Å². The summed E-state index contributed by atoms with van der Waals surface area (Å²) in [6.45, 7) is 1.01. The zero-order chi connectivity index (χ0) is 21.8. The third kappa shape index (κ3) is 5.07. The van der Waals surface area contributed by atoms with E-state index in [1.54, 1.807) is 12.1 Å². The Kier molecular flexibility index (Phi) is 7.12. The lowest BCUT2D eigenvalue weighted by Gasteiger charge is -2.07. The molecule has 0 aliphatic rings. The lowest BCUT2D eigenvalue weighted by atomic mass is 10.1. The lowest BCUT2D eigenvalue weighted by molar-refractivity contribution is 0.0951. The number of hydrogen-bond donors (Lipinski definition) is 4. The van der Waals surface area contributed by atoms with E-state index in [-0.39, 0.29) is 24.1 Å². The summed E-state index contributed by atoms with van der Waals surface area (Å²) in [5, 5.41) is 13.7. The number of carbonyl (C=O) groups excluding carboxylic acids is 1. The Labute approximate surface area is 192 Å². The molecule has 1 heterocycles. The van der Waals surface area contributed by atoms with Crippen LogP contribution in [0.1, 0.15) is 27.3 Å². The fourth-order valence-electron chi connectivity index (χ4n) is 3.38. The maximum Gasteiger partial charge on any atom is 0.251 e. The molecule has 0 atom stereocenters. The van der Waals surface area contributed by atoms with E-state index in [9.17, 15) is 4.79 Å². The SMILES string of the molecule is Cl.Cn1c(CNc2ccc(C(=N)N)cc2)nc2cc(C(=O)NCc3ccccc3)ccc21. The Morgan fingerprint density at radius 1 is 1.00 bits per heavy atom. The highest BCUT2D eigenvalue weighted by Gasteiger charge is 2.12. The fraction of sp³-hybridized carbons (Fsp3) is 0.125. The molecule has 0 radical (unpaired) electrons. The van der Waals surface area contributed by atoms with Gasteiger partial charge in [0.15, 0.2) is 0 Å². The van der Waals surface area contributed by atoms with Crippen LogP contribution in [0.3, 0.4) is 0 Å². The van der Waals surface area contributed by atoms with Gasteiger partial charge in [0.2, 0.25) is 0 Å². The van der Waals surface area contributed by atoms with Crippen molar-refractivity contribution < 1.29 is 4.79 Å². The highest BCUT2D eigenvalue weighted by atomic mass is 35.5. The first-order valence-electron chi connectivity index (χ1n) is 9.97. The third-order valence-corrected chi connectivity index (χ3v) is 5.18. The number of nitrogens with zero attached hydrogens (tertiary/aromatic N) is 2. The minimum atomic E-state index is -0.123. The first-order valence-corrected chi connectivity index (χ1v) is 9.97. The van der Waals surface area contributed by atoms with Crippen LogP contribution in [0.5, 0.6) is 0 Å². The average molecular weight is 449 g/mol. The monoisotopic (exact) mass is 448 g/mol. The zero-order valence-corrected chi connectivity index (χ0v) is 18.4. The number of benzene rings is 3. The standard InChI is InChI=1S/C24H24N6O.ClH/c1-30-21-12-9-18(24(31)28-14-16-5-3-2-4-6-16)13-20(21)29-22(30)15-27-19-10-7-17(8-11-19)23(25)26;/h2-13,27H,14-15H2,1H3,(H3,25,26)(H,28,31);1H. The highest BCUT2D eigenvalue weighted by molar-refractivity contribution is 5.97. The number of rotatable bonds is 7. The number of nitrogens with one attached hydrogen (secondary N) is 3. The quantitative estimate of drug-likeness (QED) is 0.254. The van der Waals surface area contributed by atoms with Crippen molar-refractivity contribution in [3.8, 4) is 0 Å². The maximum atomic E-state index is 12.6. The molecular formula is C24H25ClN6O. The number of imidazole rings is 1. The van der Waals surface area contributed by atoms with Gasteiger partial charge in [0.1, 0.15) is 11.7 Å². The van der Waals surface area contributed by atoms with E-state index in [0.29, 0.717) is 24.2 Å². The number of fused-ring (bicyclic) bond motifs is 1. The van der Waals surface area contributed by atoms with Gasteiger partial charge in [0, 0.05) is 30.4 Å². The van der Waals surface area contributed by atoms with Crippen LogP contribution in [0, 0.1) is 5.41 Å². The molecule has 32 heavy (non-hydrogen) atoms. The first kappa shape index (κ1) is 22.8. The lowest BCUT2D eigenvalue weighted by Crippen LogP contribution is -2.22. The van der Waals surface area contributed by atoms with Gasteiger partial charge in [0.25, 0.3) is 5.91 Å². The molecule has 4 aromatic rings. The fourth-order valence-corrected chi connectivity index (χ4v) is 3.38. The van der Waals surface area contributed by atoms with Crippen LogP contribution in [0.25, 0.3) is 11.0 Å². The number of nitrogen functional groups attached to an aromatic ring is 1. The number of anilines is 1. The van der Waals surface area contributed by atoms with Crippen molar-refractivity contribution in [2.45, 2.75) is 13.1 Å². The third-order valence-electron chi connectivity index (χ3n) is 5.18. The minimum absolute atomic E-state index is 0. The number of amidine groups is 1. The number of hydrogen-bond acceptors (Lipinski definition) is 4. The summed E-state index contributed by atoms with van der Waals surface area (Å²) in [6, 6.07) is 22.8. The van der Waals surface area contributed by atoms with E-state index in [1.807, 2.05) is 72.3 Å². The first-order chi connectivity index (χ1) is 15.0. The normalized spacial score (nSPS) is 10.4. The van der Waals surface area contributed by atoms with Crippen LogP contribution in [0.4, 0.5) is 5.69 Å². The van der Waals surface area contributed by atoms with Gasteiger partial charge in [-0.05, 0) is 48.0 Å². The number of aromatic nitrogens is 2. The molecular weight excluding hydrogens is 424 g/mol.